The first kappa shape index (κ1) is 15.3. The number of carbonyl (C=O) groups excluding carboxylic acids is 2. The summed E-state index contributed by atoms with van der Waals surface area (Å²) in [5.41, 5.74) is 7.12. The highest BCUT2D eigenvalue weighted by Gasteiger charge is 2.19. The zero-order valence-electron chi connectivity index (χ0n) is 12.3. The first-order valence-corrected chi connectivity index (χ1v) is 7.27. The Bertz CT molecular complexity index is 516. The molecule has 0 saturated carbocycles. The molecule has 1 saturated heterocycles. The minimum atomic E-state index is -0.0957. The lowest BCUT2D eigenvalue weighted by atomic mass is 10.2. The van der Waals surface area contributed by atoms with E-state index in [1.807, 2.05) is 31.2 Å². The third kappa shape index (κ3) is 4.46. The molecule has 1 fully saturated rings. The van der Waals surface area contributed by atoms with Gasteiger partial charge >= 0.3 is 6.03 Å². The summed E-state index contributed by atoms with van der Waals surface area (Å²) in [7, 11) is 0. The number of urea groups is 1. The molecule has 114 valence electrons. The normalized spacial score (nSPS) is 16.3. The summed E-state index contributed by atoms with van der Waals surface area (Å²) in [6.45, 7) is 3.28. The minimum Gasteiger partial charge on any atom is -0.338 e. The Labute approximate surface area is 124 Å². The van der Waals surface area contributed by atoms with Crippen LogP contribution in [-0.4, -0.2) is 31.1 Å². The smallest absolute Gasteiger partial charge is 0.321 e. The topological polar surface area (TPSA) is 87.5 Å². The van der Waals surface area contributed by atoms with Gasteiger partial charge in [-0.25, -0.2) is 4.79 Å². The van der Waals surface area contributed by atoms with Gasteiger partial charge < -0.3 is 16.4 Å². The Morgan fingerprint density at radius 1 is 1.52 bits per heavy atom. The third-order valence-electron chi connectivity index (χ3n) is 3.35. The van der Waals surface area contributed by atoms with Crippen LogP contribution in [0.25, 0.3) is 0 Å². The average Bonchev–Trinajstić information content (AvgIpc) is 2.46. The maximum Gasteiger partial charge on any atom is 0.321 e. The molecule has 4 N–H and O–H groups in total. The van der Waals surface area contributed by atoms with Crippen molar-refractivity contribution in [2.45, 2.75) is 32.2 Å². The van der Waals surface area contributed by atoms with E-state index >= 15 is 0 Å². The van der Waals surface area contributed by atoms with Crippen molar-refractivity contribution >= 4 is 23.3 Å². The maximum atomic E-state index is 11.8. The number of carbonyl (C=O) groups is 2. The van der Waals surface area contributed by atoms with Gasteiger partial charge in [-0.05, 0) is 38.0 Å². The second-order valence-corrected chi connectivity index (χ2v) is 5.35. The van der Waals surface area contributed by atoms with E-state index in [0.717, 1.165) is 12.1 Å². The molecule has 1 aliphatic heterocycles. The molecular formula is C15H22N4O2. The van der Waals surface area contributed by atoms with E-state index in [1.165, 1.54) is 0 Å². The Morgan fingerprint density at radius 3 is 3.05 bits per heavy atom. The summed E-state index contributed by atoms with van der Waals surface area (Å²) < 4.78 is 0. The van der Waals surface area contributed by atoms with Crippen LogP contribution < -0.4 is 21.3 Å². The van der Waals surface area contributed by atoms with Crippen LogP contribution in [0, 0.1) is 0 Å². The molecule has 1 unspecified atom stereocenters. The standard InChI is InChI=1S/C15H22N4O2/c1-11(16)6-7-14(20)18-12-4-2-5-13(10-12)19-9-3-8-17-15(19)21/h2,4-5,10-11H,3,6-9,16H2,1H3,(H,17,21)(H,18,20). The van der Waals surface area contributed by atoms with E-state index in [9.17, 15) is 9.59 Å². The summed E-state index contributed by atoms with van der Waals surface area (Å²) in [5.74, 6) is -0.0625. The first-order valence-electron chi connectivity index (χ1n) is 7.27. The second kappa shape index (κ2) is 7.08. The fourth-order valence-electron chi connectivity index (χ4n) is 2.21. The molecule has 0 radical (unpaired) electrons. The molecule has 1 aromatic carbocycles. The van der Waals surface area contributed by atoms with Gasteiger partial charge in [0.1, 0.15) is 0 Å². The van der Waals surface area contributed by atoms with Crippen LogP contribution in [0.15, 0.2) is 24.3 Å². The van der Waals surface area contributed by atoms with Crippen molar-refractivity contribution < 1.29 is 9.59 Å². The zero-order valence-corrected chi connectivity index (χ0v) is 12.3. The number of benzene rings is 1. The molecule has 2 rings (SSSR count). The van der Waals surface area contributed by atoms with Gasteiger partial charge in [0.05, 0.1) is 0 Å². The fourth-order valence-corrected chi connectivity index (χ4v) is 2.21. The van der Waals surface area contributed by atoms with Crippen LogP contribution >= 0.6 is 0 Å². The monoisotopic (exact) mass is 290 g/mol. The van der Waals surface area contributed by atoms with Crippen molar-refractivity contribution in [1.82, 2.24) is 5.32 Å². The van der Waals surface area contributed by atoms with Gasteiger partial charge in [0.15, 0.2) is 0 Å². The quantitative estimate of drug-likeness (QED) is 0.771. The number of nitrogens with one attached hydrogen (secondary N) is 2. The lowest BCUT2D eigenvalue weighted by Crippen LogP contribution is -2.46. The molecule has 1 aromatic rings. The summed E-state index contributed by atoms with van der Waals surface area (Å²) in [4.78, 5) is 25.3. The molecule has 0 aromatic heterocycles. The lowest BCUT2D eigenvalue weighted by Gasteiger charge is -2.27. The van der Waals surface area contributed by atoms with Crippen LogP contribution in [0.1, 0.15) is 26.2 Å². The van der Waals surface area contributed by atoms with Gasteiger partial charge in [0.2, 0.25) is 5.91 Å². The minimum absolute atomic E-state index is 0.0131. The van der Waals surface area contributed by atoms with Crippen LogP contribution in [0.5, 0.6) is 0 Å². The number of rotatable bonds is 5. The largest absolute Gasteiger partial charge is 0.338 e. The summed E-state index contributed by atoms with van der Waals surface area (Å²) in [6.07, 6.45) is 1.96. The van der Waals surface area contributed by atoms with E-state index in [1.54, 1.807) is 4.90 Å². The highest BCUT2D eigenvalue weighted by molar-refractivity contribution is 5.95. The molecule has 0 spiro atoms. The van der Waals surface area contributed by atoms with Crippen molar-refractivity contribution in [3.63, 3.8) is 0 Å². The zero-order chi connectivity index (χ0) is 15.2. The molecule has 1 aliphatic rings. The van der Waals surface area contributed by atoms with Crippen LogP contribution in [0.2, 0.25) is 0 Å². The number of hydrogen-bond donors (Lipinski definition) is 3. The summed E-state index contributed by atoms with van der Waals surface area (Å²) in [5, 5.41) is 5.65. The second-order valence-electron chi connectivity index (χ2n) is 5.35. The van der Waals surface area contributed by atoms with Crippen molar-refractivity contribution in [1.29, 1.82) is 0 Å². The number of nitrogens with zero attached hydrogens (tertiary/aromatic N) is 1. The Morgan fingerprint density at radius 2 is 2.33 bits per heavy atom. The molecule has 0 aliphatic carbocycles. The van der Waals surface area contributed by atoms with Gasteiger partial charge in [-0.3, -0.25) is 9.69 Å². The SMILES string of the molecule is CC(N)CCC(=O)Nc1cccc(N2CCCNC2=O)c1. The molecule has 0 bridgehead atoms. The van der Waals surface area contributed by atoms with E-state index in [0.29, 0.717) is 31.6 Å². The Balaban J connectivity index is 2.00. The van der Waals surface area contributed by atoms with Crippen LogP contribution in [0.3, 0.4) is 0 Å². The number of amides is 3. The average molecular weight is 290 g/mol. The van der Waals surface area contributed by atoms with E-state index < -0.39 is 0 Å². The van der Waals surface area contributed by atoms with Crippen molar-refractivity contribution in [3.8, 4) is 0 Å². The molecule has 1 atom stereocenters. The fraction of sp³-hybridized carbons (Fsp3) is 0.467. The van der Waals surface area contributed by atoms with E-state index in [4.69, 9.17) is 5.73 Å². The van der Waals surface area contributed by atoms with Crippen molar-refractivity contribution in [2.24, 2.45) is 5.73 Å². The number of nitrogens with two attached hydrogens (primary N) is 1. The van der Waals surface area contributed by atoms with Gasteiger partial charge in [0.25, 0.3) is 0 Å². The van der Waals surface area contributed by atoms with Gasteiger partial charge in [-0.2, -0.15) is 0 Å². The summed E-state index contributed by atoms with van der Waals surface area (Å²) >= 11 is 0. The highest BCUT2D eigenvalue weighted by atomic mass is 16.2. The molecule has 6 nitrogen and oxygen atoms in total. The number of anilines is 2. The highest BCUT2D eigenvalue weighted by Crippen LogP contribution is 2.21. The van der Waals surface area contributed by atoms with Gasteiger partial charge in [-0.15, -0.1) is 0 Å². The Hall–Kier alpha value is -2.08. The van der Waals surface area contributed by atoms with Crippen LogP contribution in [-0.2, 0) is 4.79 Å². The van der Waals surface area contributed by atoms with E-state index in [-0.39, 0.29) is 18.0 Å². The number of hydrogen-bond acceptors (Lipinski definition) is 3. The Kier molecular flexibility index (Phi) is 5.16. The molecule has 21 heavy (non-hydrogen) atoms. The van der Waals surface area contributed by atoms with Crippen molar-refractivity contribution in [3.05, 3.63) is 24.3 Å². The lowest BCUT2D eigenvalue weighted by molar-refractivity contribution is -0.116. The molecular weight excluding hydrogens is 268 g/mol. The van der Waals surface area contributed by atoms with E-state index in [2.05, 4.69) is 10.6 Å². The maximum absolute atomic E-state index is 11.8. The van der Waals surface area contributed by atoms with Crippen molar-refractivity contribution in [2.75, 3.05) is 23.3 Å². The molecule has 3 amide bonds. The van der Waals surface area contributed by atoms with Gasteiger partial charge in [-0.1, -0.05) is 6.07 Å². The van der Waals surface area contributed by atoms with Gasteiger partial charge in [0, 0.05) is 36.9 Å². The van der Waals surface area contributed by atoms with Crippen LogP contribution in [0.4, 0.5) is 16.2 Å². The first-order chi connectivity index (χ1) is 10.1. The predicted molar refractivity (Wildman–Crippen MR) is 83.3 cm³/mol. The third-order valence-corrected chi connectivity index (χ3v) is 3.35. The molecule has 1 heterocycles. The summed E-state index contributed by atoms with van der Waals surface area (Å²) in [6, 6.07) is 7.24. The predicted octanol–water partition coefficient (Wildman–Crippen LogP) is 1.67. The molecule has 6 heteroatoms.